The number of rotatable bonds is 4. The van der Waals surface area contributed by atoms with E-state index in [-0.39, 0.29) is 17.4 Å². The van der Waals surface area contributed by atoms with Crippen LogP contribution in [0.5, 0.6) is 0 Å². The van der Waals surface area contributed by atoms with E-state index >= 15 is 0 Å². The first-order valence-electron chi connectivity index (χ1n) is 10.5. The molecule has 1 saturated carbocycles. The molecule has 29 heavy (non-hydrogen) atoms. The normalized spacial score (nSPS) is 22.4. The van der Waals surface area contributed by atoms with E-state index in [9.17, 15) is 14.7 Å². The van der Waals surface area contributed by atoms with Crippen LogP contribution in [0.3, 0.4) is 0 Å². The highest BCUT2D eigenvalue weighted by Crippen LogP contribution is 2.45. The first-order valence-corrected chi connectivity index (χ1v) is 11.3. The Labute approximate surface area is 175 Å². The summed E-state index contributed by atoms with van der Waals surface area (Å²) >= 11 is 1.55. The maximum atomic E-state index is 13.1. The van der Waals surface area contributed by atoms with E-state index in [0.29, 0.717) is 5.56 Å². The summed E-state index contributed by atoms with van der Waals surface area (Å²) in [5.74, 6) is -1.10. The summed E-state index contributed by atoms with van der Waals surface area (Å²) in [6, 6.07) is 9.15. The van der Waals surface area contributed by atoms with Crippen molar-refractivity contribution < 1.29 is 14.7 Å². The largest absolute Gasteiger partial charge is 0.507 e. The van der Waals surface area contributed by atoms with E-state index in [1.54, 1.807) is 16.2 Å². The molecule has 5 heteroatoms. The molecule has 4 rings (SSSR count). The van der Waals surface area contributed by atoms with Gasteiger partial charge in [-0.05, 0) is 48.8 Å². The van der Waals surface area contributed by atoms with Crippen molar-refractivity contribution in [1.29, 1.82) is 0 Å². The molecule has 1 amide bonds. The number of benzene rings is 1. The molecule has 2 aliphatic rings. The highest BCUT2D eigenvalue weighted by Gasteiger charge is 2.49. The van der Waals surface area contributed by atoms with Gasteiger partial charge >= 0.3 is 0 Å². The molecule has 1 atom stereocenters. The number of nitrogens with zero attached hydrogens (tertiary/aromatic N) is 1. The third-order valence-electron chi connectivity index (χ3n) is 6.23. The number of aryl methyl sites for hydroxylation is 2. The highest BCUT2D eigenvalue weighted by atomic mass is 32.1. The molecule has 1 aromatic carbocycles. The molecule has 0 bridgehead atoms. The SMILES string of the molecule is CCc1ccc(/C(O)=C2/C(=O)C(=O)N(C3CCCCC3)C2c2sccc2C)cc1. The molecule has 152 valence electrons. The fraction of sp³-hybridized carbons (Fsp3) is 0.417. The van der Waals surface area contributed by atoms with Crippen LogP contribution in [0.2, 0.25) is 0 Å². The molecule has 0 spiro atoms. The van der Waals surface area contributed by atoms with Crippen LogP contribution in [-0.2, 0) is 16.0 Å². The Morgan fingerprint density at radius 2 is 1.79 bits per heavy atom. The lowest BCUT2D eigenvalue weighted by Gasteiger charge is -2.35. The predicted octanol–water partition coefficient (Wildman–Crippen LogP) is 5.37. The molecule has 1 N–H and O–H groups in total. The molecule has 4 nitrogen and oxygen atoms in total. The first kappa shape index (κ1) is 19.9. The number of hydrogen-bond acceptors (Lipinski definition) is 4. The van der Waals surface area contributed by atoms with E-state index in [4.69, 9.17) is 0 Å². The fourth-order valence-electron chi connectivity index (χ4n) is 4.56. The van der Waals surface area contributed by atoms with Crippen molar-refractivity contribution in [2.45, 2.75) is 64.5 Å². The van der Waals surface area contributed by atoms with Gasteiger partial charge in [0.25, 0.3) is 11.7 Å². The number of likely N-dealkylation sites (tertiary alicyclic amines) is 1. The summed E-state index contributed by atoms with van der Waals surface area (Å²) in [7, 11) is 0. The van der Waals surface area contributed by atoms with Crippen LogP contribution in [0.1, 0.15) is 66.6 Å². The molecular weight excluding hydrogens is 382 g/mol. The third kappa shape index (κ3) is 3.52. The Morgan fingerprint density at radius 1 is 1.10 bits per heavy atom. The molecule has 2 heterocycles. The lowest BCUT2D eigenvalue weighted by molar-refractivity contribution is -0.141. The topological polar surface area (TPSA) is 57.6 Å². The molecule has 1 unspecified atom stereocenters. The van der Waals surface area contributed by atoms with Crippen LogP contribution < -0.4 is 0 Å². The zero-order valence-corrected chi connectivity index (χ0v) is 17.8. The standard InChI is InChI=1S/C24H27NO3S/c1-3-16-9-11-17(12-10-16)21(26)19-20(23-15(2)13-14-29-23)25(24(28)22(19)27)18-7-5-4-6-8-18/h9-14,18,20,26H,3-8H2,1-2H3/b21-19-. The number of ketones is 1. The summed E-state index contributed by atoms with van der Waals surface area (Å²) in [6.07, 6.45) is 6.05. The maximum Gasteiger partial charge on any atom is 0.295 e. The first-order chi connectivity index (χ1) is 14.0. The molecule has 1 aliphatic carbocycles. The van der Waals surface area contributed by atoms with Crippen LogP contribution in [-0.4, -0.2) is 27.7 Å². The summed E-state index contributed by atoms with van der Waals surface area (Å²) in [5.41, 5.74) is 3.03. The number of carbonyl (C=O) groups is 2. The van der Waals surface area contributed by atoms with Crippen LogP contribution >= 0.6 is 11.3 Å². The van der Waals surface area contributed by atoms with Gasteiger partial charge in [-0.3, -0.25) is 9.59 Å². The molecule has 1 aliphatic heterocycles. The fourth-order valence-corrected chi connectivity index (χ4v) is 5.59. The number of aliphatic hydroxyl groups is 1. The zero-order valence-electron chi connectivity index (χ0n) is 17.0. The van der Waals surface area contributed by atoms with Gasteiger partial charge in [0.1, 0.15) is 11.8 Å². The van der Waals surface area contributed by atoms with E-state index in [1.807, 2.05) is 42.6 Å². The number of thiophene rings is 1. The second kappa shape index (κ2) is 8.15. The number of carbonyl (C=O) groups excluding carboxylic acids is 2. The minimum absolute atomic E-state index is 0.0551. The van der Waals surface area contributed by atoms with Crippen molar-refractivity contribution in [2.75, 3.05) is 0 Å². The lowest BCUT2D eigenvalue weighted by Crippen LogP contribution is -2.40. The Morgan fingerprint density at radius 3 is 2.38 bits per heavy atom. The summed E-state index contributed by atoms with van der Waals surface area (Å²) in [6.45, 7) is 4.08. The second-order valence-corrected chi connectivity index (χ2v) is 8.96. The van der Waals surface area contributed by atoms with Gasteiger partial charge in [-0.2, -0.15) is 0 Å². The van der Waals surface area contributed by atoms with Crippen molar-refractivity contribution >= 4 is 28.8 Å². The van der Waals surface area contributed by atoms with Gasteiger partial charge in [-0.1, -0.05) is 50.5 Å². The Kier molecular flexibility index (Phi) is 5.59. The molecule has 2 aromatic rings. The zero-order chi connectivity index (χ0) is 20.5. The van der Waals surface area contributed by atoms with Crippen molar-refractivity contribution in [3.05, 3.63) is 62.9 Å². The van der Waals surface area contributed by atoms with Crippen LogP contribution in [0.15, 0.2) is 41.3 Å². The minimum Gasteiger partial charge on any atom is -0.507 e. The molecule has 1 aromatic heterocycles. The van der Waals surface area contributed by atoms with Gasteiger partial charge < -0.3 is 10.0 Å². The Balaban J connectivity index is 1.84. The van der Waals surface area contributed by atoms with E-state index in [1.165, 1.54) is 6.42 Å². The molecule has 1 saturated heterocycles. The lowest BCUT2D eigenvalue weighted by atomic mass is 9.92. The van der Waals surface area contributed by atoms with Crippen molar-refractivity contribution in [2.24, 2.45) is 0 Å². The number of aliphatic hydroxyl groups excluding tert-OH is 1. The van der Waals surface area contributed by atoms with Crippen LogP contribution in [0.4, 0.5) is 0 Å². The summed E-state index contributed by atoms with van der Waals surface area (Å²) in [5, 5.41) is 13.1. The van der Waals surface area contributed by atoms with Gasteiger partial charge in [0, 0.05) is 16.5 Å². The third-order valence-corrected chi connectivity index (χ3v) is 7.31. The van der Waals surface area contributed by atoms with Gasteiger partial charge in [0.2, 0.25) is 0 Å². The van der Waals surface area contributed by atoms with E-state index < -0.39 is 17.7 Å². The number of hydrogen-bond donors (Lipinski definition) is 1. The van der Waals surface area contributed by atoms with Crippen LogP contribution in [0, 0.1) is 6.92 Å². The Hall–Kier alpha value is -2.40. The predicted molar refractivity (Wildman–Crippen MR) is 116 cm³/mol. The quantitative estimate of drug-likeness (QED) is 0.419. The van der Waals surface area contributed by atoms with Gasteiger partial charge in [0.05, 0.1) is 5.57 Å². The summed E-state index contributed by atoms with van der Waals surface area (Å²) in [4.78, 5) is 29.0. The van der Waals surface area contributed by atoms with E-state index in [2.05, 4.69) is 6.92 Å². The molecular formula is C24H27NO3S. The summed E-state index contributed by atoms with van der Waals surface area (Å²) < 4.78 is 0. The average molecular weight is 410 g/mol. The van der Waals surface area contributed by atoms with Gasteiger partial charge in [0.15, 0.2) is 0 Å². The second-order valence-electron chi connectivity index (χ2n) is 8.02. The van der Waals surface area contributed by atoms with Crippen molar-refractivity contribution in [3.63, 3.8) is 0 Å². The highest BCUT2D eigenvalue weighted by molar-refractivity contribution is 7.10. The minimum atomic E-state index is -0.564. The number of amides is 1. The maximum absolute atomic E-state index is 13.1. The van der Waals surface area contributed by atoms with E-state index in [0.717, 1.165) is 48.1 Å². The molecule has 0 radical (unpaired) electrons. The number of Topliss-reactive ketones (excluding diaryl/α,β-unsaturated/α-hetero) is 1. The molecule has 2 fully saturated rings. The Bertz CT molecular complexity index is 951. The van der Waals surface area contributed by atoms with Crippen molar-refractivity contribution in [3.8, 4) is 0 Å². The van der Waals surface area contributed by atoms with Crippen LogP contribution in [0.25, 0.3) is 5.76 Å². The van der Waals surface area contributed by atoms with Crippen molar-refractivity contribution in [1.82, 2.24) is 4.90 Å². The average Bonchev–Trinajstić information content (AvgIpc) is 3.29. The van der Waals surface area contributed by atoms with Gasteiger partial charge in [-0.25, -0.2) is 0 Å². The van der Waals surface area contributed by atoms with Gasteiger partial charge in [-0.15, -0.1) is 11.3 Å². The monoisotopic (exact) mass is 409 g/mol. The smallest absolute Gasteiger partial charge is 0.295 e.